The Morgan fingerprint density at radius 3 is 3.17 bits per heavy atom. The van der Waals surface area contributed by atoms with Crippen molar-refractivity contribution < 1.29 is 14.0 Å². The summed E-state index contributed by atoms with van der Waals surface area (Å²) in [5.41, 5.74) is 1.04. The van der Waals surface area contributed by atoms with Gasteiger partial charge in [0.15, 0.2) is 0 Å². The Balaban J connectivity index is 1.52. The van der Waals surface area contributed by atoms with Crippen LogP contribution in [0.25, 0.3) is 0 Å². The summed E-state index contributed by atoms with van der Waals surface area (Å²) in [4.78, 5) is 28.8. The number of nitrogens with zero attached hydrogens (tertiary/aromatic N) is 2. The Morgan fingerprint density at radius 2 is 2.29 bits per heavy atom. The van der Waals surface area contributed by atoms with Gasteiger partial charge in [-0.2, -0.15) is 0 Å². The second kappa shape index (κ2) is 5.74. The molecular formula is C17H17FN4O2. The predicted molar refractivity (Wildman–Crippen MR) is 84.9 cm³/mol. The van der Waals surface area contributed by atoms with E-state index in [2.05, 4.69) is 15.6 Å². The van der Waals surface area contributed by atoms with Gasteiger partial charge in [-0.1, -0.05) is 6.07 Å². The van der Waals surface area contributed by atoms with Gasteiger partial charge < -0.3 is 15.2 Å². The molecule has 0 fully saturated rings. The number of halogens is 1. The average Bonchev–Trinajstić information content (AvgIpc) is 3.01. The zero-order valence-electron chi connectivity index (χ0n) is 13.0. The molecule has 24 heavy (non-hydrogen) atoms. The molecule has 2 aromatic rings. The van der Waals surface area contributed by atoms with Crippen LogP contribution < -0.4 is 10.6 Å². The third-order valence-corrected chi connectivity index (χ3v) is 4.65. The fraction of sp³-hybridized carbons (Fsp3) is 0.353. The van der Waals surface area contributed by atoms with E-state index in [9.17, 15) is 14.0 Å². The zero-order valence-corrected chi connectivity index (χ0v) is 13.0. The zero-order chi connectivity index (χ0) is 16.7. The van der Waals surface area contributed by atoms with E-state index < -0.39 is 11.7 Å². The Bertz CT molecular complexity index is 817. The maximum Gasteiger partial charge on any atom is 0.228 e. The molecule has 6 nitrogen and oxygen atoms in total. The lowest BCUT2D eigenvalue weighted by Crippen LogP contribution is -2.44. The molecule has 0 radical (unpaired) electrons. The molecule has 2 N–H and O–H groups in total. The number of imidazole rings is 1. The number of carbonyl (C=O) groups is 2. The van der Waals surface area contributed by atoms with Crippen molar-refractivity contribution >= 4 is 17.5 Å². The molecule has 2 aliphatic rings. The summed E-state index contributed by atoms with van der Waals surface area (Å²) in [6.07, 6.45) is 5.37. The highest BCUT2D eigenvalue weighted by Crippen LogP contribution is 2.33. The van der Waals surface area contributed by atoms with Gasteiger partial charge in [0.25, 0.3) is 0 Å². The van der Waals surface area contributed by atoms with Crippen LogP contribution in [0, 0.1) is 5.82 Å². The van der Waals surface area contributed by atoms with Gasteiger partial charge in [0.2, 0.25) is 11.8 Å². The molecule has 0 saturated carbocycles. The first kappa shape index (κ1) is 14.9. The van der Waals surface area contributed by atoms with Crippen molar-refractivity contribution in [1.82, 2.24) is 14.9 Å². The molecule has 0 spiro atoms. The standard InChI is InChI=1S/C17H17FN4O2/c18-10-1-3-12-13(8-16(23)21-14(12)7-10)17(24)20-11-2-4-15-19-5-6-22(15)9-11/h1,3,5-7,11,13H,2,4,8-9H2,(H,20,24)(H,21,23)/t11-,13-/m0/s1. The van der Waals surface area contributed by atoms with Crippen molar-refractivity contribution in [2.75, 3.05) is 5.32 Å². The molecule has 0 unspecified atom stereocenters. The summed E-state index contributed by atoms with van der Waals surface area (Å²) in [6, 6.07) is 4.15. The molecule has 3 heterocycles. The van der Waals surface area contributed by atoms with Gasteiger partial charge in [0, 0.05) is 43.5 Å². The Kier molecular flexibility index (Phi) is 3.55. The monoisotopic (exact) mass is 328 g/mol. The number of hydrogen-bond donors (Lipinski definition) is 2. The minimum atomic E-state index is -0.585. The van der Waals surface area contributed by atoms with E-state index in [1.807, 2.05) is 10.8 Å². The van der Waals surface area contributed by atoms with Crippen LogP contribution in [0.5, 0.6) is 0 Å². The highest BCUT2D eigenvalue weighted by atomic mass is 19.1. The fourth-order valence-electron chi connectivity index (χ4n) is 3.46. The number of aryl methyl sites for hydroxylation is 1. The number of carbonyl (C=O) groups excluding carboxylic acids is 2. The minimum absolute atomic E-state index is 0.00749. The lowest BCUT2D eigenvalue weighted by atomic mass is 9.89. The predicted octanol–water partition coefficient (Wildman–Crippen LogP) is 1.58. The van der Waals surface area contributed by atoms with E-state index in [-0.39, 0.29) is 24.3 Å². The molecule has 0 aliphatic carbocycles. The molecule has 2 amide bonds. The van der Waals surface area contributed by atoms with E-state index in [1.54, 1.807) is 12.3 Å². The lowest BCUT2D eigenvalue weighted by Gasteiger charge is -2.29. The molecule has 4 rings (SSSR count). The molecule has 1 aromatic carbocycles. The van der Waals surface area contributed by atoms with Gasteiger partial charge in [0.1, 0.15) is 11.6 Å². The summed E-state index contributed by atoms with van der Waals surface area (Å²) in [5.74, 6) is -0.452. The van der Waals surface area contributed by atoms with E-state index in [4.69, 9.17) is 0 Å². The molecule has 0 bridgehead atoms. The SMILES string of the molecule is O=C1C[C@H](C(=O)N[C@H]2CCc3nccn3C2)c2ccc(F)cc2N1. The highest BCUT2D eigenvalue weighted by molar-refractivity contribution is 6.01. The summed E-state index contributed by atoms with van der Waals surface area (Å²) in [5, 5.41) is 5.66. The summed E-state index contributed by atoms with van der Waals surface area (Å²) >= 11 is 0. The lowest BCUT2D eigenvalue weighted by molar-refractivity contribution is -0.127. The van der Waals surface area contributed by atoms with Crippen LogP contribution in [-0.2, 0) is 22.6 Å². The van der Waals surface area contributed by atoms with Crippen molar-refractivity contribution in [3.63, 3.8) is 0 Å². The smallest absolute Gasteiger partial charge is 0.228 e. The Hall–Kier alpha value is -2.70. The van der Waals surface area contributed by atoms with E-state index in [1.165, 1.54) is 12.1 Å². The second-order valence-corrected chi connectivity index (χ2v) is 6.28. The number of fused-ring (bicyclic) bond motifs is 2. The molecule has 2 aliphatic heterocycles. The van der Waals surface area contributed by atoms with Crippen molar-refractivity contribution in [2.24, 2.45) is 0 Å². The number of benzene rings is 1. The number of nitrogens with one attached hydrogen (secondary N) is 2. The molecular weight excluding hydrogens is 311 g/mol. The van der Waals surface area contributed by atoms with Gasteiger partial charge in [-0.3, -0.25) is 9.59 Å². The maximum absolute atomic E-state index is 13.4. The number of anilines is 1. The summed E-state index contributed by atoms with van der Waals surface area (Å²) in [7, 11) is 0. The van der Waals surface area contributed by atoms with E-state index in [0.29, 0.717) is 17.8 Å². The van der Waals surface area contributed by atoms with Gasteiger partial charge >= 0.3 is 0 Å². The highest BCUT2D eigenvalue weighted by Gasteiger charge is 2.32. The third-order valence-electron chi connectivity index (χ3n) is 4.65. The largest absolute Gasteiger partial charge is 0.351 e. The number of amides is 2. The number of aromatic nitrogens is 2. The second-order valence-electron chi connectivity index (χ2n) is 6.28. The van der Waals surface area contributed by atoms with E-state index in [0.717, 1.165) is 18.7 Å². The first-order valence-electron chi connectivity index (χ1n) is 8.00. The molecule has 2 atom stereocenters. The van der Waals surface area contributed by atoms with Crippen LogP contribution in [0.15, 0.2) is 30.6 Å². The molecule has 0 saturated heterocycles. The van der Waals surface area contributed by atoms with Gasteiger partial charge in [0.05, 0.1) is 5.92 Å². The van der Waals surface area contributed by atoms with Crippen LogP contribution in [0.1, 0.15) is 30.1 Å². The van der Waals surface area contributed by atoms with Gasteiger partial charge in [-0.05, 0) is 24.1 Å². The van der Waals surface area contributed by atoms with Gasteiger partial charge in [-0.25, -0.2) is 9.37 Å². The Morgan fingerprint density at radius 1 is 1.42 bits per heavy atom. The van der Waals surface area contributed by atoms with Crippen LogP contribution in [-0.4, -0.2) is 27.4 Å². The van der Waals surface area contributed by atoms with Crippen LogP contribution >= 0.6 is 0 Å². The van der Waals surface area contributed by atoms with Crippen molar-refractivity contribution in [3.05, 3.63) is 47.8 Å². The van der Waals surface area contributed by atoms with Gasteiger partial charge in [-0.15, -0.1) is 0 Å². The number of hydrogen-bond acceptors (Lipinski definition) is 3. The summed E-state index contributed by atoms with van der Waals surface area (Å²) in [6.45, 7) is 0.677. The summed E-state index contributed by atoms with van der Waals surface area (Å²) < 4.78 is 15.4. The normalized spacial score (nSPS) is 22.3. The average molecular weight is 328 g/mol. The topological polar surface area (TPSA) is 76.0 Å². The Labute approximate surface area is 138 Å². The van der Waals surface area contributed by atoms with Crippen molar-refractivity contribution in [1.29, 1.82) is 0 Å². The van der Waals surface area contributed by atoms with Crippen molar-refractivity contribution in [2.45, 2.75) is 37.8 Å². The minimum Gasteiger partial charge on any atom is -0.351 e. The fourth-order valence-corrected chi connectivity index (χ4v) is 3.46. The molecule has 124 valence electrons. The number of rotatable bonds is 2. The molecule has 7 heteroatoms. The maximum atomic E-state index is 13.4. The molecule has 1 aromatic heterocycles. The van der Waals surface area contributed by atoms with Crippen LogP contribution in [0.3, 0.4) is 0 Å². The van der Waals surface area contributed by atoms with E-state index >= 15 is 0 Å². The quantitative estimate of drug-likeness (QED) is 0.879. The van der Waals surface area contributed by atoms with Crippen LogP contribution in [0.2, 0.25) is 0 Å². The van der Waals surface area contributed by atoms with Crippen molar-refractivity contribution in [3.8, 4) is 0 Å². The first-order chi connectivity index (χ1) is 11.6. The van der Waals surface area contributed by atoms with Crippen LogP contribution in [0.4, 0.5) is 10.1 Å². The third kappa shape index (κ3) is 2.66. The first-order valence-corrected chi connectivity index (χ1v) is 8.00.